The number of carbonyl (C=O) groups excluding carboxylic acids is 1. The molecule has 46 heavy (non-hydrogen) atoms. The molecule has 2 aromatic rings. The zero-order chi connectivity index (χ0) is 33.2. The van der Waals surface area contributed by atoms with Gasteiger partial charge in [-0.25, -0.2) is 9.18 Å². The fourth-order valence-corrected chi connectivity index (χ4v) is 6.38. The number of likely N-dealkylation sites (tertiary alicyclic amines) is 1. The lowest BCUT2D eigenvalue weighted by molar-refractivity contribution is -0.137. The molecule has 0 spiro atoms. The third kappa shape index (κ3) is 7.74. The molecule has 4 heterocycles. The molecule has 5 rings (SSSR count). The Kier molecular flexibility index (Phi) is 9.81. The van der Waals surface area contributed by atoms with E-state index in [1.54, 1.807) is 30.6 Å². The first-order valence-electron chi connectivity index (χ1n) is 15.7. The van der Waals surface area contributed by atoms with Crippen molar-refractivity contribution in [3.63, 3.8) is 0 Å². The van der Waals surface area contributed by atoms with E-state index in [0.717, 1.165) is 31.0 Å². The lowest BCUT2D eigenvalue weighted by Crippen LogP contribution is -2.56. The number of piperazine rings is 1. The number of carbonyl (C=O) groups is 1. The molecule has 1 amide bonds. The number of rotatable bonds is 6. The van der Waals surface area contributed by atoms with Crippen molar-refractivity contribution in [2.45, 2.75) is 83.3 Å². The lowest BCUT2D eigenvalue weighted by atomic mass is 10.1. The molecule has 2 saturated heterocycles. The molecular formula is C32H41F4N7O3. The van der Waals surface area contributed by atoms with E-state index in [1.807, 2.05) is 11.9 Å². The number of alkyl halides is 3. The lowest BCUT2D eigenvalue weighted by Gasteiger charge is -2.42. The molecule has 3 aliphatic rings. The van der Waals surface area contributed by atoms with Crippen LogP contribution in [0.2, 0.25) is 0 Å². The number of benzene rings is 1. The highest BCUT2D eigenvalue weighted by Gasteiger charge is 2.38. The van der Waals surface area contributed by atoms with Crippen LogP contribution in [-0.4, -0.2) is 89.9 Å². The van der Waals surface area contributed by atoms with Gasteiger partial charge in [0.15, 0.2) is 0 Å². The molecule has 1 unspecified atom stereocenters. The summed E-state index contributed by atoms with van der Waals surface area (Å²) in [6.07, 6.45) is -2.14. The van der Waals surface area contributed by atoms with Crippen molar-refractivity contribution < 1.29 is 31.8 Å². The van der Waals surface area contributed by atoms with E-state index in [-0.39, 0.29) is 37.3 Å². The van der Waals surface area contributed by atoms with E-state index in [9.17, 15) is 27.6 Å². The van der Waals surface area contributed by atoms with Crippen molar-refractivity contribution in [1.82, 2.24) is 19.8 Å². The van der Waals surface area contributed by atoms with Crippen LogP contribution in [0.15, 0.2) is 18.2 Å². The zero-order valence-corrected chi connectivity index (χ0v) is 26.7. The van der Waals surface area contributed by atoms with Gasteiger partial charge in [0, 0.05) is 43.5 Å². The van der Waals surface area contributed by atoms with Crippen LogP contribution in [0.4, 0.5) is 33.9 Å². The van der Waals surface area contributed by atoms with Gasteiger partial charge < -0.3 is 29.1 Å². The number of halogens is 4. The largest absolute Gasteiger partial charge is 0.462 e. The maximum Gasteiger partial charge on any atom is 0.418 e. The van der Waals surface area contributed by atoms with Gasteiger partial charge in [0.25, 0.3) is 0 Å². The van der Waals surface area contributed by atoms with E-state index in [4.69, 9.17) is 19.4 Å². The number of hydrogen-bond donors (Lipinski definition) is 0. The highest BCUT2D eigenvalue weighted by atomic mass is 19.4. The number of ether oxygens (including phenoxy) is 2. The SMILES string of the molecule is CN1CCC[C@H]1COc1nc2c(c(N3CCN(C(=O)OC(C)(C)C)C(CC#N)C3)n1)CCCN(c1ccc(F)cc1C(F)(F)F)C2. The Morgan fingerprint density at radius 3 is 2.52 bits per heavy atom. The Balaban J connectivity index is 1.49. The minimum Gasteiger partial charge on any atom is -0.462 e. The molecule has 14 heteroatoms. The fraction of sp³-hybridized carbons (Fsp3) is 0.625. The van der Waals surface area contributed by atoms with Crippen molar-refractivity contribution in [1.29, 1.82) is 5.26 Å². The molecule has 2 fully saturated rings. The van der Waals surface area contributed by atoms with Crippen LogP contribution >= 0.6 is 0 Å². The standard InChI is InChI=1S/C32H41F4N7O3/c1-31(2,3)46-30(44)43-16-15-42(18-22(43)11-12-37)28-24-8-6-14-41(27-10-9-21(33)17-25(27)32(34,35)36)19-26(24)38-29(39-28)45-20-23-7-5-13-40(23)4/h9-10,17,22-23H,5-8,11,13-16,18-20H2,1-4H3/t22?,23-/m0/s1. The molecule has 3 aliphatic heterocycles. The molecule has 250 valence electrons. The Bertz CT molecular complexity index is 1460. The number of likely N-dealkylation sites (N-methyl/N-ethyl adjacent to an activating group) is 1. The van der Waals surface area contributed by atoms with Crippen LogP contribution in [0.25, 0.3) is 0 Å². The van der Waals surface area contributed by atoms with Gasteiger partial charge in [-0.05, 0) is 78.2 Å². The maximum absolute atomic E-state index is 14.0. The Labute approximate surface area is 266 Å². The summed E-state index contributed by atoms with van der Waals surface area (Å²) < 4.78 is 67.7. The average molecular weight is 648 g/mol. The van der Waals surface area contributed by atoms with Crippen LogP contribution in [0.1, 0.15) is 63.3 Å². The fourth-order valence-electron chi connectivity index (χ4n) is 6.38. The van der Waals surface area contributed by atoms with Crippen molar-refractivity contribution >= 4 is 17.6 Å². The summed E-state index contributed by atoms with van der Waals surface area (Å²) in [5, 5.41) is 9.60. The maximum atomic E-state index is 14.0. The van der Waals surface area contributed by atoms with E-state index in [0.29, 0.717) is 56.7 Å². The second-order valence-corrected chi connectivity index (χ2v) is 13.2. The smallest absolute Gasteiger partial charge is 0.418 e. The first-order valence-corrected chi connectivity index (χ1v) is 15.7. The predicted octanol–water partition coefficient (Wildman–Crippen LogP) is 5.40. The molecular weight excluding hydrogens is 606 g/mol. The summed E-state index contributed by atoms with van der Waals surface area (Å²) in [5.41, 5.74) is -0.538. The van der Waals surface area contributed by atoms with Gasteiger partial charge in [-0.1, -0.05) is 0 Å². The Morgan fingerprint density at radius 2 is 1.85 bits per heavy atom. The van der Waals surface area contributed by atoms with Crippen molar-refractivity contribution in [2.75, 3.05) is 56.2 Å². The number of amides is 1. The van der Waals surface area contributed by atoms with Gasteiger partial charge in [0.1, 0.15) is 23.8 Å². The third-order valence-electron chi connectivity index (χ3n) is 8.66. The molecule has 0 N–H and O–H groups in total. The van der Waals surface area contributed by atoms with Gasteiger partial charge in [0.2, 0.25) is 0 Å². The third-order valence-corrected chi connectivity index (χ3v) is 8.66. The minimum absolute atomic E-state index is 0.0404. The molecule has 0 bridgehead atoms. The quantitative estimate of drug-likeness (QED) is 0.382. The first kappa shape index (κ1) is 33.5. The second-order valence-electron chi connectivity index (χ2n) is 13.2. The van der Waals surface area contributed by atoms with Gasteiger partial charge in [-0.15, -0.1) is 0 Å². The number of aromatic nitrogens is 2. The van der Waals surface area contributed by atoms with E-state index in [2.05, 4.69) is 11.0 Å². The summed E-state index contributed by atoms with van der Waals surface area (Å²) in [7, 11) is 2.03. The van der Waals surface area contributed by atoms with Crippen LogP contribution in [0.5, 0.6) is 6.01 Å². The van der Waals surface area contributed by atoms with Crippen LogP contribution in [0.3, 0.4) is 0 Å². The van der Waals surface area contributed by atoms with Gasteiger partial charge >= 0.3 is 18.3 Å². The molecule has 2 atom stereocenters. The monoisotopic (exact) mass is 647 g/mol. The molecule has 0 saturated carbocycles. The number of nitriles is 1. The first-order chi connectivity index (χ1) is 21.7. The summed E-state index contributed by atoms with van der Waals surface area (Å²) >= 11 is 0. The zero-order valence-electron chi connectivity index (χ0n) is 26.7. The number of hydrogen-bond acceptors (Lipinski definition) is 9. The molecule has 0 aliphatic carbocycles. The normalized spacial score (nSPS) is 21.1. The van der Waals surface area contributed by atoms with Crippen molar-refractivity contribution in [3.05, 3.63) is 40.8 Å². The predicted molar refractivity (Wildman–Crippen MR) is 163 cm³/mol. The average Bonchev–Trinajstić information content (AvgIpc) is 3.26. The number of fused-ring (bicyclic) bond motifs is 1. The molecule has 1 aromatic heterocycles. The Morgan fingerprint density at radius 1 is 1.07 bits per heavy atom. The highest BCUT2D eigenvalue weighted by molar-refractivity contribution is 5.69. The summed E-state index contributed by atoms with van der Waals surface area (Å²) in [5.74, 6) is -0.371. The van der Waals surface area contributed by atoms with Gasteiger partial charge in [0.05, 0.1) is 36.3 Å². The number of anilines is 2. The molecule has 10 nitrogen and oxygen atoms in total. The van der Waals surface area contributed by atoms with Crippen LogP contribution < -0.4 is 14.5 Å². The summed E-state index contributed by atoms with van der Waals surface area (Å²) in [6.45, 7) is 8.00. The van der Waals surface area contributed by atoms with Gasteiger partial charge in [-0.3, -0.25) is 0 Å². The van der Waals surface area contributed by atoms with Crippen LogP contribution in [-0.2, 0) is 23.9 Å². The Hall–Kier alpha value is -3.86. The van der Waals surface area contributed by atoms with Crippen molar-refractivity contribution in [2.24, 2.45) is 0 Å². The minimum atomic E-state index is -4.74. The van der Waals surface area contributed by atoms with Crippen molar-refractivity contribution in [3.8, 4) is 12.1 Å². The summed E-state index contributed by atoms with van der Waals surface area (Å²) in [4.78, 5) is 30.0. The highest BCUT2D eigenvalue weighted by Crippen LogP contribution is 2.39. The van der Waals surface area contributed by atoms with E-state index >= 15 is 0 Å². The van der Waals surface area contributed by atoms with Crippen LogP contribution in [0, 0.1) is 17.1 Å². The number of nitrogens with zero attached hydrogens (tertiary/aromatic N) is 7. The van der Waals surface area contributed by atoms with E-state index in [1.165, 1.54) is 6.07 Å². The van der Waals surface area contributed by atoms with E-state index < -0.39 is 35.3 Å². The second kappa shape index (κ2) is 13.5. The molecule has 1 aromatic carbocycles. The topological polar surface area (TPSA) is 98.1 Å². The molecule has 0 radical (unpaired) electrons. The van der Waals surface area contributed by atoms with Gasteiger partial charge in [-0.2, -0.15) is 28.4 Å². The summed E-state index contributed by atoms with van der Waals surface area (Å²) in [6, 6.07) is 4.75.